The first-order valence-electron chi connectivity index (χ1n) is 4.35. The Bertz CT molecular complexity index is 306. The highest BCUT2D eigenvalue weighted by atomic mass is 16.5. The van der Waals surface area contributed by atoms with E-state index in [1.807, 2.05) is 0 Å². The van der Waals surface area contributed by atoms with Crippen LogP contribution in [0.25, 0.3) is 0 Å². The lowest BCUT2D eigenvalue weighted by molar-refractivity contribution is -0.145. The SMILES string of the molecule is CCOC(=O)CC(=O)Cn1ccnc1. The summed E-state index contributed by atoms with van der Waals surface area (Å²) >= 11 is 0. The second-order valence-corrected chi connectivity index (χ2v) is 2.76. The molecule has 0 fully saturated rings. The Labute approximate surface area is 81.7 Å². The van der Waals surface area contributed by atoms with E-state index in [2.05, 4.69) is 9.72 Å². The summed E-state index contributed by atoms with van der Waals surface area (Å²) in [5.41, 5.74) is 0. The van der Waals surface area contributed by atoms with Crippen molar-refractivity contribution in [2.45, 2.75) is 19.9 Å². The number of imidazole rings is 1. The van der Waals surface area contributed by atoms with Crippen LogP contribution in [-0.2, 0) is 20.9 Å². The Kier molecular flexibility index (Phi) is 3.84. The Morgan fingerprint density at radius 1 is 1.50 bits per heavy atom. The molecule has 1 aromatic rings. The standard InChI is InChI=1S/C9H12N2O3/c1-2-14-9(13)5-8(12)6-11-4-3-10-7-11/h3-4,7H,2,5-6H2,1H3. The van der Waals surface area contributed by atoms with Crippen LogP contribution in [0.5, 0.6) is 0 Å². The van der Waals surface area contributed by atoms with Crippen molar-refractivity contribution in [2.75, 3.05) is 6.61 Å². The second kappa shape index (κ2) is 5.16. The monoisotopic (exact) mass is 196 g/mol. The van der Waals surface area contributed by atoms with Gasteiger partial charge in [-0.1, -0.05) is 0 Å². The molecule has 0 unspecified atom stereocenters. The first kappa shape index (κ1) is 10.4. The van der Waals surface area contributed by atoms with E-state index >= 15 is 0 Å². The van der Waals surface area contributed by atoms with Gasteiger partial charge in [0, 0.05) is 12.4 Å². The highest BCUT2D eigenvalue weighted by molar-refractivity contribution is 5.95. The maximum Gasteiger partial charge on any atom is 0.313 e. The molecule has 1 aromatic heterocycles. The summed E-state index contributed by atoms with van der Waals surface area (Å²) in [6, 6.07) is 0. The van der Waals surface area contributed by atoms with Crippen LogP contribution < -0.4 is 0 Å². The van der Waals surface area contributed by atoms with Gasteiger partial charge in [-0.15, -0.1) is 0 Å². The van der Waals surface area contributed by atoms with Crippen LogP contribution in [0.2, 0.25) is 0 Å². The highest BCUT2D eigenvalue weighted by Crippen LogP contribution is 1.93. The Morgan fingerprint density at radius 3 is 2.86 bits per heavy atom. The maximum absolute atomic E-state index is 11.2. The third kappa shape index (κ3) is 3.38. The molecule has 0 radical (unpaired) electrons. The molecular weight excluding hydrogens is 184 g/mol. The lowest BCUT2D eigenvalue weighted by Crippen LogP contribution is -2.15. The maximum atomic E-state index is 11.2. The van der Waals surface area contributed by atoms with E-state index in [0.717, 1.165) is 0 Å². The van der Waals surface area contributed by atoms with Crippen molar-refractivity contribution in [3.8, 4) is 0 Å². The van der Waals surface area contributed by atoms with Gasteiger partial charge in [0.15, 0.2) is 5.78 Å². The third-order valence-corrected chi connectivity index (χ3v) is 1.56. The average molecular weight is 196 g/mol. The van der Waals surface area contributed by atoms with Crippen LogP contribution in [0.3, 0.4) is 0 Å². The summed E-state index contributed by atoms with van der Waals surface area (Å²) in [5.74, 6) is -0.654. The van der Waals surface area contributed by atoms with Crippen molar-refractivity contribution in [1.82, 2.24) is 9.55 Å². The fourth-order valence-corrected chi connectivity index (χ4v) is 1.01. The fourth-order valence-electron chi connectivity index (χ4n) is 1.01. The molecule has 0 aliphatic rings. The molecule has 0 spiro atoms. The lowest BCUT2D eigenvalue weighted by atomic mass is 10.3. The van der Waals surface area contributed by atoms with E-state index in [4.69, 9.17) is 0 Å². The minimum absolute atomic E-state index is 0.165. The highest BCUT2D eigenvalue weighted by Gasteiger charge is 2.10. The molecule has 5 heteroatoms. The van der Waals surface area contributed by atoms with Crippen molar-refractivity contribution >= 4 is 11.8 Å². The summed E-state index contributed by atoms with van der Waals surface area (Å²) in [6.07, 6.45) is 4.61. The Balaban J connectivity index is 2.33. The number of esters is 1. The number of Topliss-reactive ketones (excluding diaryl/α,β-unsaturated/α-hetero) is 1. The van der Waals surface area contributed by atoms with Gasteiger partial charge in [0.1, 0.15) is 6.42 Å². The fraction of sp³-hybridized carbons (Fsp3) is 0.444. The topological polar surface area (TPSA) is 61.2 Å². The third-order valence-electron chi connectivity index (χ3n) is 1.56. The van der Waals surface area contributed by atoms with Gasteiger partial charge in [0.2, 0.25) is 0 Å². The van der Waals surface area contributed by atoms with Gasteiger partial charge in [-0.05, 0) is 6.92 Å². The van der Waals surface area contributed by atoms with Gasteiger partial charge >= 0.3 is 5.97 Å². The minimum atomic E-state index is -0.474. The predicted octanol–water partition coefficient (Wildman–Crippen LogP) is 0.405. The molecule has 14 heavy (non-hydrogen) atoms. The normalized spacial score (nSPS) is 9.79. The molecule has 76 valence electrons. The molecule has 0 atom stereocenters. The van der Waals surface area contributed by atoms with Crippen molar-refractivity contribution in [1.29, 1.82) is 0 Å². The number of ether oxygens (including phenoxy) is 1. The van der Waals surface area contributed by atoms with E-state index in [-0.39, 0.29) is 18.7 Å². The molecular formula is C9H12N2O3. The minimum Gasteiger partial charge on any atom is -0.466 e. The molecule has 0 aromatic carbocycles. The summed E-state index contributed by atoms with van der Waals surface area (Å²) in [6.45, 7) is 2.17. The molecule has 1 rings (SSSR count). The zero-order valence-electron chi connectivity index (χ0n) is 7.97. The van der Waals surface area contributed by atoms with E-state index in [1.165, 1.54) is 6.33 Å². The molecule has 0 amide bonds. The number of carbonyl (C=O) groups excluding carboxylic acids is 2. The second-order valence-electron chi connectivity index (χ2n) is 2.76. The van der Waals surface area contributed by atoms with Gasteiger partial charge in [0.05, 0.1) is 19.5 Å². The van der Waals surface area contributed by atoms with Crippen molar-refractivity contribution < 1.29 is 14.3 Å². The van der Waals surface area contributed by atoms with Crippen LogP contribution in [0, 0.1) is 0 Å². The summed E-state index contributed by atoms with van der Waals surface area (Å²) in [5, 5.41) is 0. The van der Waals surface area contributed by atoms with Crippen LogP contribution in [0.4, 0.5) is 0 Å². The molecule has 5 nitrogen and oxygen atoms in total. The van der Waals surface area contributed by atoms with E-state index < -0.39 is 5.97 Å². The number of carbonyl (C=O) groups is 2. The molecule has 0 aliphatic carbocycles. The molecule has 1 heterocycles. The van der Waals surface area contributed by atoms with Crippen molar-refractivity contribution in [2.24, 2.45) is 0 Å². The number of hydrogen-bond acceptors (Lipinski definition) is 4. The van der Waals surface area contributed by atoms with Gasteiger partial charge in [-0.3, -0.25) is 9.59 Å². The predicted molar refractivity (Wildman–Crippen MR) is 48.5 cm³/mol. The quantitative estimate of drug-likeness (QED) is 0.505. The van der Waals surface area contributed by atoms with Crippen LogP contribution in [0.1, 0.15) is 13.3 Å². The number of aromatic nitrogens is 2. The Hall–Kier alpha value is -1.65. The summed E-state index contributed by atoms with van der Waals surface area (Å²) < 4.78 is 6.26. The number of hydrogen-bond donors (Lipinski definition) is 0. The van der Waals surface area contributed by atoms with Gasteiger partial charge < -0.3 is 9.30 Å². The van der Waals surface area contributed by atoms with Crippen molar-refractivity contribution in [3.63, 3.8) is 0 Å². The lowest BCUT2D eigenvalue weighted by Gasteiger charge is -2.01. The average Bonchev–Trinajstić information content (AvgIpc) is 2.56. The van der Waals surface area contributed by atoms with E-state index in [9.17, 15) is 9.59 Å². The van der Waals surface area contributed by atoms with Crippen LogP contribution >= 0.6 is 0 Å². The summed E-state index contributed by atoms with van der Waals surface area (Å²) in [4.78, 5) is 25.9. The first-order valence-corrected chi connectivity index (χ1v) is 4.35. The smallest absolute Gasteiger partial charge is 0.313 e. The zero-order chi connectivity index (χ0) is 10.4. The molecule has 0 aliphatic heterocycles. The first-order chi connectivity index (χ1) is 6.72. The van der Waals surface area contributed by atoms with Gasteiger partial charge in [-0.25, -0.2) is 4.98 Å². The van der Waals surface area contributed by atoms with Gasteiger partial charge in [0.25, 0.3) is 0 Å². The van der Waals surface area contributed by atoms with E-state index in [0.29, 0.717) is 6.61 Å². The Morgan fingerprint density at radius 2 is 2.29 bits per heavy atom. The zero-order valence-corrected chi connectivity index (χ0v) is 7.97. The molecule has 0 saturated heterocycles. The summed E-state index contributed by atoms with van der Waals surface area (Å²) in [7, 11) is 0. The molecule has 0 saturated carbocycles. The molecule has 0 bridgehead atoms. The largest absolute Gasteiger partial charge is 0.466 e. The number of rotatable bonds is 5. The van der Waals surface area contributed by atoms with Crippen LogP contribution in [0.15, 0.2) is 18.7 Å². The van der Waals surface area contributed by atoms with Crippen LogP contribution in [-0.4, -0.2) is 27.9 Å². The van der Waals surface area contributed by atoms with Gasteiger partial charge in [-0.2, -0.15) is 0 Å². The molecule has 0 N–H and O–H groups in total. The van der Waals surface area contributed by atoms with Crippen molar-refractivity contribution in [3.05, 3.63) is 18.7 Å². The van der Waals surface area contributed by atoms with E-state index in [1.54, 1.807) is 23.9 Å². The number of ketones is 1. The number of nitrogens with zero attached hydrogens (tertiary/aromatic N) is 2.